The number of amides is 2. The van der Waals surface area contributed by atoms with Crippen molar-refractivity contribution < 1.29 is 9.59 Å². The topological polar surface area (TPSA) is 67.2 Å². The average molecular weight is 431 g/mol. The number of aryl methyl sites for hydroxylation is 1. The first-order valence-electron chi connectivity index (χ1n) is 11.3. The largest absolute Gasteiger partial charge is 0.325 e. The van der Waals surface area contributed by atoms with Crippen molar-refractivity contribution in [2.75, 3.05) is 11.9 Å². The van der Waals surface area contributed by atoms with Crippen molar-refractivity contribution in [2.24, 2.45) is 0 Å². The molecular weight excluding hydrogens is 400 g/mol. The molecule has 1 aliphatic rings. The van der Waals surface area contributed by atoms with Crippen LogP contribution in [0.25, 0.3) is 5.69 Å². The maximum absolute atomic E-state index is 13.7. The predicted molar refractivity (Wildman–Crippen MR) is 126 cm³/mol. The predicted octanol–water partition coefficient (Wildman–Crippen LogP) is 4.55. The van der Waals surface area contributed by atoms with Crippen LogP contribution in [0.15, 0.2) is 54.6 Å². The SMILES string of the molecule is CCCN(C(=O)c1nn(-c2ccccc2C)c2c1CCC2)C(C)C(=O)Nc1ccccc1. The van der Waals surface area contributed by atoms with Crippen LogP contribution < -0.4 is 5.32 Å². The fourth-order valence-electron chi connectivity index (χ4n) is 4.37. The third-order valence-corrected chi connectivity index (χ3v) is 6.09. The quantitative estimate of drug-likeness (QED) is 0.598. The van der Waals surface area contributed by atoms with Gasteiger partial charge in [0.25, 0.3) is 5.91 Å². The minimum absolute atomic E-state index is 0.173. The number of carbonyl (C=O) groups is 2. The normalized spacial score (nSPS) is 13.5. The molecule has 166 valence electrons. The third kappa shape index (κ3) is 4.17. The van der Waals surface area contributed by atoms with Crippen molar-refractivity contribution in [3.63, 3.8) is 0 Å². The summed E-state index contributed by atoms with van der Waals surface area (Å²) < 4.78 is 1.93. The zero-order valence-corrected chi connectivity index (χ0v) is 19.0. The van der Waals surface area contributed by atoms with Crippen LogP contribution in [-0.4, -0.2) is 39.1 Å². The second-order valence-electron chi connectivity index (χ2n) is 8.36. The lowest BCUT2D eigenvalue weighted by atomic mass is 10.1. The van der Waals surface area contributed by atoms with Crippen molar-refractivity contribution in [2.45, 2.75) is 52.5 Å². The Morgan fingerprint density at radius 3 is 2.53 bits per heavy atom. The third-order valence-electron chi connectivity index (χ3n) is 6.09. The molecule has 1 aromatic heterocycles. The Morgan fingerprint density at radius 2 is 1.81 bits per heavy atom. The molecule has 1 aliphatic carbocycles. The molecule has 6 heteroatoms. The van der Waals surface area contributed by atoms with Gasteiger partial charge in [-0.05, 0) is 63.3 Å². The van der Waals surface area contributed by atoms with Gasteiger partial charge in [-0.3, -0.25) is 9.59 Å². The smallest absolute Gasteiger partial charge is 0.275 e. The van der Waals surface area contributed by atoms with Gasteiger partial charge < -0.3 is 10.2 Å². The maximum Gasteiger partial charge on any atom is 0.275 e. The summed E-state index contributed by atoms with van der Waals surface area (Å²) >= 11 is 0. The minimum Gasteiger partial charge on any atom is -0.325 e. The molecule has 0 saturated carbocycles. The van der Waals surface area contributed by atoms with E-state index < -0.39 is 6.04 Å². The van der Waals surface area contributed by atoms with Crippen molar-refractivity contribution >= 4 is 17.5 Å². The minimum atomic E-state index is -0.608. The first-order chi connectivity index (χ1) is 15.5. The van der Waals surface area contributed by atoms with Crippen LogP contribution in [0.4, 0.5) is 5.69 Å². The number of nitrogens with zero attached hydrogens (tertiary/aromatic N) is 3. The number of para-hydroxylation sites is 2. The Kier molecular flexibility index (Phi) is 6.40. The highest BCUT2D eigenvalue weighted by Gasteiger charge is 2.33. The second-order valence-corrected chi connectivity index (χ2v) is 8.36. The van der Waals surface area contributed by atoms with Gasteiger partial charge in [0.2, 0.25) is 5.91 Å². The summed E-state index contributed by atoms with van der Waals surface area (Å²) in [5, 5.41) is 7.70. The van der Waals surface area contributed by atoms with Gasteiger partial charge in [0.15, 0.2) is 5.69 Å². The Bertz CT molecular complexity index is 1120. The van der Waals surface area contributed by atoms with Crippen LogP contribution in [-0.2, 0) is 17.6 Å². The summed E-state index contributed by atoms with van der Waals surface area (Å²) in [7, 11) is 0. The fraction of sp³-hybridized carbons (Fsp3) is 0.346. The molecule has 1 atom stereocenters. The van der Waals surface area contributed by atoms with E-state index in [9.17, 15) is 9.59 Å². The van der Waals surface area contributed by atoms with Crippen LogP contribution in [0.5, 0.6) is 0 Å². The monoisotopic (exact) mass is 430 g/mol. The first-order valence-corrected chi connectivity index (χ1v) is 11.3. The van der Waals surface area contributed by atoms with Crippen LogP contribution in [0.2, 0.25) is 0 Å². The molecule has 1 N–H and O–H groups in total. The van der Waals surface area contributed by atoms with E-state index in [-0.39, 0.29) is 11.8 Å². The maximum atomic E-state index is 13.7. The molecule has 0 aliphatic heterocycles. The first kappa shape index (κ1) is 21.8. The Hall–Kier alpha value is -3.41. The molecule has 32 heavy (non-hydrogen) atoms. The number of benzene rings is 2. The lowest BCUT2D eigenvalue weighted by Crippen LogP contribution is -2.46. The molecule has 4 rings (SSSR count). The van der Waals surface area contributed by atoms with Crippen LogP contribution in [0, 0.1) is 6.92 Å². The van der Waals surface area contributed by atoms with Crippen LogP contribution in [0.3, 0.4) is 0 Å². The standard InChI is InChI=1S/C26H30N4O2/c1-4-17-29(19(3)25(31)27-20-12-6-5-7-13-20)26(32)24-21-14-10-16-23(21)30(28-24)22-15-9-8-11-18(22)2/h5-9,11-13,15,19H,4,10,14,16-17H2,1-3H3,(H,27,31). The molecule has 0 bridgehead atoms. The zero-order chi connectivity index (χ0) is 22.7. The van der Waals surface area contributed by atoms with Gasteiger partial charge in [0.05, 0.1) is 5.69 Å². The molecular formula is C26H30N4O2. The number of hydrogen-bond acceptors (Lipinski definition) is 3. The summed E-state index contributed by atoms with van der Waals surface area (Å²) in [6.07, 6.45) is 3.52. The van der Waals surface area contributed by atoms with Crippen molar-refractivity contribution in [1.82, 2.24) is 14.7 Å². The molecule has 1 unspecified atom stereocenters. The molecule has 2 amide bonds. The summed E-state index contributed by atoms with van der Waals surface area (Å²) in [4.78, 5) is 28.3. The number of carbonyl (C=O) groups excluding carboxylic acids is 2. The summed E-state index contributed by atoms with van der Waals surface area (Å²) in [6.45, 7) is 6.34. The van der Waals surface area contributed by atoms with E-state index in [0.29, 0.717) is 12.2 Å². The van der Waals surface area contributed by atoms with Gasteiger partial charge in [-0.25, -0.2) is 4.68 Å². The summed E-state index contributed by atoms with van der Waals surface area (Å²) in [5.41, 5.74) is 5.45. The highest BCUT2D eigenvalue weighted by atomic mass is 16.2. The molecule has 6 nitrogen and oxygen atoms in total. The lowest BCUT2D eigenvalue weighted by molar-refractivity contribution is -0.120. The van der Waals surface area contributed by atoms with Gasteiger partial charge in [0, 0.05) is 23.5 Å². The summed E-state index contributed by atoms with van der Waals surface area (Å²) in [6, 6.07) is 16.8. The van der Waals surface area contributed by atoms with E-state index in [4.69, 9.17) is 5.10 Å². The van der Waals surface area contributed by atoms with Crippen molar-refractivity contribution in [1.29, 1.82) is 0 Å². The highest BCUT2D eigenvalue weighted by Crippen LogP contribution is 2.30. The van der Waals surface area contributed by atoms with Gasteiger partial charge in [-0.2, -0.15) is 5.10 Å². The van der Waals surface area contributed by atoms with Crippen molar-refractivity contribution in [3.05, 3.63) is 77.1 Å². The molecule has 2 aromatic carbocycles. The van der Waals surface area contributed by atoms with Gasteiger partial charge in [-0.1, -0.05) is 43.3 Å². The number of anilines is 1. The van der Waals surface area contributed by atoms with E-state index in [0.717, 1.165) is 53.9 Å². The van der Waals surface area contributed by atoms with E-state index in [1.54, 1.807) is 11.8 Å². The fourth-order valence-corrected chi connectivity index (χ4v) is 4.37. The molecule has 0 saturated heterocycles. The molecule has 0 fully saturated rings. The van der Waals surface area contributed by atoms with Gasteiger partial charge in [-0.15, -0.1) is 0 Å². The van der Waals surface area contributed by atoms with Crippen molar-refractivity contribution in [3.8, 4) is 5.69 Å². The molecule has 1 heterocycles. The lowest BCUT2D eigenvalue weighted by Gasteiger charge is -2.28. The highest BCUT2D eigenvalue weighted by molar-refractivity contribution is 6.01. The number of fused-ring (bicyclic) bond motifs is 1. The number of aromatic nitrogens is 2. The Balaban J connectivity index is 1.65. The molecule has 0 radical (unpaired) electrons. The van der Waals surface area contributed by atoms with Crippen LogP contribution >= 0.6 is 0 Å². The number of hydrogen-bond donors (Lipinski definition) is 1. The Morgan fingerprint density at radius 1 is 1.09 bits per heavy atom. The van der Waals surface area contributed by atoms with Crippen LogP contribution in [0.1, 0.15) is 54.0 Å². The zero-order valence-electron chi connectivity index (χ0n) is 19.0. The second kappa shape index (κ2) is 9.39. The summed E-state index contributed by atoms with van der Waals surface area (Å²) in [5.74, 6) is -0.374. The molecule has 0 spiro atoms. The van der Waals surface area contributed by atoms with E-state index >= 15 is 0 Å². The van der Waals surface area contributed by atoms with E-state index in [2.05, 4.69) is 18.3 Å². The van der Waals surface area contributed by atoms with E-state index in [1.165, 1.54) is 0 Å². The Labute approximate surface area is 189 Å². The van der Waals surface area contributed by atoms with Gasteiger partial charge >= 0.3 is 0 Å². The molecule has 3 aromatic rings. The number of nitrogens with one attached hydrogen (secondary N) is 1. The number of rotatable bonds is 7. The van der Waals surface area contributed by atoms with Gasteiger partial charge in [0.1, 0.15) is 6.04 Å². The van der Waals surface area contributed by atoms with E-state index in [1.807, 2.05) is 60.1 Å². The average Bonchev–Trinajstić information content (AvgIpc) is 3.41.